The standard InChI is InChI=1S/C33H63NO3/c1-4-7-10-12-14-16-18-20-22-24-27-34-31(26-9-6-3)30(29-32(34)35)33(36)37-28-25-23-21-19-17-15-13-11-8-5-2/h30-31H,4-29H2,1-3H3. The van der Waals surface area contributed by atoms with Crippen molar-refractivity contribution in [1.82, 2.24) is 4.90 Å². The Labute approximate surface area is 231 Å². The average Bonchev–Trinajstić information content (AvgIpc) is 3.21. The zero-order valence-electron chi connectivity index (χ0n) is 25.2. The third-order valence-electron chi connectivity index (χ3n) is 8.23. The molecule has 1 heterocycles. The molecule has 37 heavy (non-hydrogen) atoms. The van der Waals surface area contributed by atoms with Crippen LogP contribution in [-0.4, -0.2) is 36.0 Å². The van der Waals surface area contributed by atoms with Crippen molar-refractivity contribution in [1.29, 1.82) is 0 Å². The van der Waals surface area contributed by atoms with Crippen LogP contribution in [0.15, 0.2) is 0 Å². The molecule has 2 atom stereocenters. The maximum Gasteiger partial charge on any atom is 0.311 e. The number of unbranched alkanes of at least 4 members (excludes halogenated alkanes) is 19. The first kappa shape index (κ1) is 34.0. The first-order valence-electron chi connectivity index (χ1n) is 16.6. The minimum atomic E-state index is -0.259. The molecule has 1 saturated heterocycles. The molecular formula is C33H63NO3. The predicted octanol–water partition coefficient (Wildman–Crippen LogP) is 9.78. The van der Waals surface area contributed by atoms with E-state index in [1.54, 1.807) is 0 Å². The van der Waals surface area contributed by atoms with Crippen LogP contribution in [0.25, 0.3) is 0 Å². The summed E-state index contributed by atoms with van der Waals surface area (Å²) in [5, 5.41) is 0. The number of likely N-dealkylation sites (tertiary alicyclic amines) is 1. The molecule has 0 N–H and O–H groups in total. The Kier molecular flexibility index (Phi) is 22.0. The highest BCUT2D eigenvalue weighted by Crippen LogP contribution is 2.31. The lowest BCUT2D eigenvalue weighted by Crippen LogP contribution is -2.38. The molecule has 0 aromatic carbocycles. The number of ether oxygens (including phenoxy) is 1. The van der Waals surface area contributed by atoms with Gasteiger partial charge < -0.3 is 9.64 Å². The van der Waals surface area contributed by atoms with E-state index in [9.17, 15) is 9.59 Å². The van der Waals surface area contributed by atoms with Crippen molar-refractivity contribution < 1.29 is 14.3 Å². The van der Waals surface area contributed by atoms with E-state index in [2.05, 4.69) is 20.8 Å². The number of hydrogen-bond donors (Lipinski definition) is 0. The lowest BCUT2D eigenvalue weighted by molar-refractivity contribution is -0.149. The van der Waals surface area contributed by atoms with E-state index < -0.39 is 0 Å². The SMILES string of the molecule is CCCCCCCCCCCCOC(=O)C1CC(=O)N(CCCCCCCCCCCC)C1CCCC. The van der Waals surface area contributed by atoms with Gasteiger partial charge in [-0.05, 0) is 19.3 Å². The van der Waals surface area contributed by atoms with Crippen molar-refractivity contribution in [2.24, 2.45) is 5.92 Å². The highest BCUT2D eigenvalue weighted by atomic mass is 16.5. The molecule has 0 aromatic heterocycles. The van der Waals surface area contributed by atoms with Crippen LogP contribution in [0, 0.1) is 5.92 Å². The van der Waals surface area contributed by atoms with Gasteiger partial charge in [0, 0.05) is 19.0 Å². The molecule has 0 radical (unpaired) electrons. The van der Waals surface area contributed by atoms with E-state index in [1.807, 2.05) is 4.90 Å². The van der Waals surface area contributed by atoms with E-state index in [0.717, 1.165) is 45.1 Å². The molecule has 4 nitrogen and oxygen atoms in total. The van der Waals surface area contributed by atoms with E-state index >= 15 is 0 Å². The normalized spacial score (nSPS) is 17.6. The van der Waals surface area contributed by atoms with Gasteiger partial charge in [-0.15, -0.1) is 0 Å². The summed E-state index contributed by atoms with van der Waals surface area (Å²) in [7, 11) is 0. The number of carbonyl (C=O) groups is 2. The number of rotatable bonds is 26. The Balaban J connectivity index is 2.24. The summed E-state index contributed by atoms with van der Waals surface area (Å²) in [6, 6.07) is 0.0474. The number of amides is 1. The molecular weight excluding hydrogens is 458 g/mol. The molecule has 4 heteroatoms. The van der Waals surface area contributed by atoms with Crippen molar-refractivity contribution in [3.63, 3.8) is 0 Å². The van der Waals surface area contributed by atoms with Crippen LogP contribution in [0.3, 0.4) is 0 Å². The fourth-order valence-corrected chi connectivity index (χ4v) is 5.78. The Morgan fingerprint density at radius 2 is 1.08 bits per heavy atom. The lowest BCUT2D eigenvalue weighted by Gasteiger charge is -2.27. The van der Waals surface area contributed by atoms with Crippen LogP contribution in [0.4, 0.5) is 0 Å². The average molecular weight is 522 g/mol. The first-order chi connectivity index (χ1) is 18.2. The van der Waals surface area contributed by atoms with Crippen LogP contribution in [0.2, 0.25) is 0 Å². The molecule has 2 unspecified atom stereocenters. The molecule has 218 valence electrons. The van der Waals surface area contributed by atoms with Crippen molar-refractivity contribution in [3.05, 3.63) is 0 Å². The summed E-state index contributed by atoms with van der Waals surface area (Å²) in [5.41, 5.74) is 0. The number of esters is 1. The maximum atomic E-state index is 12.9. The van der Waals surface area contributed by atoms with E-state index in [0.29, 0.717) is 13.0 Å². The van der Waals surface area contributed by atoms with Gasteiger partial charge in [-0.25, -0.2) is 0 Å². The Morgan fingerprint density at radius 1 is 0.649 bits per heavy atom. The first-order valence-corrected chi connectivity index (χ1v) is 16.6. The summed E-state index contributed by atoms with van der Waals surface area (Å²) in [6.07, 6.45) is 29.2. The third kappa shape index (κ3) is 16.5. The summed E-state index contributed by atoms with van der Waals surface area (Å²) >= 11 is 0. The number of hydrogen-bond acceptors (Lipinski definition) is 3. The minimum Gasteiger partial charge on any atom is -0.465 e. The van der Waals surface area contributed by atoms with Crippen LogP contribution < -0.4 is 0 Å². The third-order valence-corrected chi connectivity index (χ3v) is 8.23. The highest BCUT2D eigenvalue weighted by molar-refractivity contribution is 5.87. The monoisotopic (exact) mass is 521 g/mol. The van der Waals surface area contributed by atoms with Gasteiger partial charge in [0.05, 0.1) is 12.5 Å². The second-order valence-corrected chi connectivity index (χ2v) is 11.6. The largest absolute Gasteiger partial charge is 0.465 e. The lowest BCUT2D eigenvalue weighted by atomic mass is 9.95. The van der Waals surface area contributed by atoms with Crippen LogP contribution in [0.1, 0.15) is 175 Å². The van der Waals surface area contributed by atoms with Crippen molar-refractivity contribution in [2.45, 2.75) is 181 Å². The van der Waals surface area contributed by atoms with Crippen molar-refractivity contribution >= 4 is 11.9 Å². The summed E-state index contributed by atoms with van der Waals surface area (Å²) in [4.78, 5) is 27.8. The van der Waals surface area contributed by atoms with E-state index in [4.69, 9.17) is 4.74 Å². The molecule has 0 spiro atoms. The van der Waals surface area contributed by atoms with Gasteiger partial charge in [0.15, 0.2) is 0 Å². The molecule has 1 amide bonds. The van der Waals surface area contributed by atoms with E-state index in [-0.39, 0.29) is 23.8 Å². The fourth-order valence-electron chi connectivity index (χ4n) is 5.78. The van der Waals surface area contributed by atoms with Gasteiger partial charge in [-0.3, -0.25) is 9.59 Å². The predicted molar refractivity (Wildman–Crippen MR) is 158 cm³/mol. The molecule has 0 aromatic rings. The van der Waals surface area contributed by atoms with Gasteiger partial charge in [-0.2, -0.15) is 0 Å². The zero-order valence-corrected chi connectivity index (χ0v) is 25.2. The summed E-state index contributed by atoms with van der Waals surface area (Å²) < 4.78 is 5.69. The van der Waals surface area contributed by atoms with Crippen LogP contribution in [-0.2, 0) is 14.3 Å². The Bertz CT molecular complexity index is 550. The van der Waals surface area contributed by atoms with Gasteiger partial charge >= 0.3 is 5.97 Å². The second kappa shape index (κ2) is 24.0. The van der Waals surface area contributed by atoms with Crippen LogP contribution in [0.5, 0.6) is 0 Å². The zero-order chi connectivity index (χ0) is 27.0. The maximum absolute atomic E-state index is 12.9. The van der Waals surface area contributed by atoms with Gasteiger partial charge in [0.2, 0.25) is 5.91 Å². The molecule has 1 aliphatic heterocycles. The number of carbonyl (C=O) groups excluding carboxylic acids is 2. The molecule has 1 fully saturated rings. The van der Waals surface area contributed by atoms with Crippen molar-refractivity contribution in [2.75, 3.05) is 13.2 Å². The molecule has 0 saturated carbocycles. The Hall–Kier alpha value is -1.06. The summed E-state index contributed by atoms with van der Waals surface area (Å²) in [5.74, 6) is -0.223. The minimum absolute atomic E-state index is 0.0474. The molecule has 1 rings (SSSR count). The quantitative estimate of drug-likeness (QED) is 0.0840. The topological polar surface area (TPSA) is 46.6 Å². The Morgan fingerprint density at radius 3 is 1.57 bits per heavy atom. The van der Waals surface area contributed by atoms with Gasteiger partial charge in [0.1, 0.15) is 0 Å². The van der Waals surface area contributed by atoms with Crippen molar-refractivity contribution in [3.8, 4) is 0 Å². The highest BCUT2D eigenvalue weighted by Gasteiger charge is 2.43. The number of nitrogens with zero attached hydrogens (tertiary/aromatic N) is 1. The molecule has 0 bridgehead atoms. The smallest absolute Gasteiger partial charge is 0.311 e. The van der Waals surface area contributed by atoms with Gasteiger partial charge in [-0.1, -0.05) is 149 Å². The molecule has 0 aliphatic carbocycles. The molecule has 1 aliphatic rings. The van der Waals surface area contributed by atoms with E-state index in [1.165, 1.54) is 109 Å². The summed E-state index contributed by atoms with van der Waals surface area (Å²) in [6.45, 7) is 8.04. The fraction of sp³-hybridized carbons (Fsp3) is 0.939. The second-order valence-electron chi connectivity index (χ2n) is 11.6. The van der Waals surface area contributed by atoms with Crippen LogP contribution >= 0.6 is 0 Å². The van der Waals surface area contributed by atoms with Gasteiger partial charge in [0.25, 0.3) is 0 Å².